The van der Waals surface area contributed by atoms with Gasteiger partial charge in [-0.15, -0.1) is 23.1 Å². The second-order valence-corrected chi connectivity index (χ2v) is 8.50. The number of rotatable bonds is 7. The lowest BCUT2D eigenvalue weighted by atomic mass is 10.1. The molecule has 148 valence electrons. The Morgan fingerprint density at radius 2 is 2.00 bits per heavy atom. The summed E-state index contributed by atoms with van der Waals surface area (Å²) in [7, 11) is 0. The molecule has 1 N–H and O–H groups in total. The van der Waals surface area contributed by atoms with E-state index in [0.29, 0.717) is 18.5 Å². The van der Waals surface area contributed by atoms with Crippen LogP contribution >= 0.6 is 23.1 Å². The predicted molar refractivity (Wildman–Crippen MR) is 117 cm³/mol. The van der Waals surface area contributed by atoms with Crippen LogP contribution in [-0.4, -0.2) is 23.3 Å². The molecule has 7 heteroatoms. The van der Waals surface area contributed by atoms with Crippen LogP contribution in [0, 0.1) is 0 Å². The van der Waals surface area contributed by atoms with Crippen molar-refractivity contribution in [1.29, 1.82) is 0 Å². The molecule has 29 heavy (non-hydrogen) atoms. The van der Waals surface area contributed by atoms with Crippen molar-refractivity contribution in [2.24, 2.45) is 0 Å². The zero-order valence-corrected chi connectivity index (χ0v) is 17.5. The van der Waals surface area contributed by atoms with Gasteiger partial charge in [-0.3, -0.25) is 9.59 Å². The van der Waals surface area contributed by atoms with E-state index in [1.165, 1.54) is 0 Å². The van der Waals surface area contributed by atoms with Crippen molar-refractivity contribution < 1.29 is 9.59 Å². The molecule has 2 amide bonds. The van der Waals surface area contributed by atoms with E-state index in [0.717, 1.165) is 40.6 Å². The molecule has 0 spiro atoms. The first-order valence-corrected chi connectivity index (χ1v) is 11.4. The summed E-state index contributed by atoms with van der Waals surface area (Å²) in [6.07, 6.45) is 1.54. The number of carbonyl (C=O) groups is 2. The summed E-state index contributed by atoms with van der Waals surface area (Å²) in [4.78, 5) is 31.6. The maximum absolute atomic E-state index is 12.7. The van der Waals surface area contributed by atoms with Crippen LogP contribution in [0.5, 0.6) is 0 Å². The molecule has 1 aromatic heterocycles. The van der Waals surface area contributed by atoms with Crippen molar-refractivity contribution in [2.75, 3.05) is 11.4 Å². The van der Waals surface area contributed by atoms with E-state index in [1.807, 2.05) is 64.3 Å². The van der Waals surface area contributed by atoms with E-state index in [-0.39, 0.29) is 11.8 Å². The van der Waals surface area contributed by atoms with Crippen LogP contribution in [0.3, 0.4) is 0 Å². The van der Waals surface area contributed by atoms with Crippen LogP contribution in [-0.2, 0) is 17.1 Å². The lowest BCUT2D eigenvalue weighted by Crippen LogP contribution is -2.24. The summed E-state index contributed by atoms with van der Waals surface area (Å²) < 4.78 is 0. The standard InChI is InChI=1S/C22H21N3O2S2/c26-21-6-3-11-25(21)18-9-7-16(8-10-18)12-23-22(27)19-4-1-2-5-20(19)29-14-17-13-28-15-24-17/h1-2,4-5,7-10,13,15H,3,6,11-12,14H2,(H,23,27). The first-order valence-electron chi connectivity index (χ1n) is 9.47. The van der Waals surface area contributed by atoms with Crippen molar-refractivity contribution in [3.05, 3.63) is 76.2 Å². The minimum absolute atomic E-state index is 0.0924. The van der Waals surface area contributed by atoms with Crippen molar-refractivity contribution in [2.45, 2.75) is 30.0 Å². The molecule has 0 bridgehead atoms. The zero-order chi connectivity index (χ0) is 20.1. The lowest BCUT2D eigenvalue weighted by Gasteiger charge is -2.16. The fourth-order valence-corrected chi connectivity index (χ4v) is 4.85. The highest BCUT2D eigenvalue weighted by Gasteiger charge is 2.21. The second kappa shape index (κ2) is 9.24. The van der Waals surface area contributed by atoms with Crippen LogP contribution in [0.25, 0.3) is 0 Å². The van der Waals surface area contributed by atoms with E-state index in [4.69, 9.17) is 0 Å². The Hall–Kier alpha value is -2.64. The van der Waals surface area contributed by atoms with Crippen LogP contribution in [0.15, 0.2) is 64.3 Å². The molecule has 5 nitrogen and oxygen atoms in total. The van der Waals surface area contributed by atoms with Gasteiger partial charge in [0.2, 0.25) is 5.91 Å². The van der Waals surface area contributed by atoms with Crippen molar-refractivity contribution >= 4 is 40.6 Å². The van der Waals surface area contributed by atoms with Crippen LogP contribution in [0.2, 0.25) is 0 Å². The molecular formula is C22H21N3O2S2. The van der Waals surface area contributed by atoms with Crippen molar-refractivity contribution in [1.82, 2.24) is 10.3 Å². The van der Waals surface area contributed by atoms with Crippen LogP contribution < -0.4 is 10.2 Å². The molecule has 1 aliphatic rings. The molecule has 0 aliphatic carbocycles. The van der Waals surface area contributed by atoms with Gasteiger partial charge < -0.3 is 10.2 Å². The second-order valence-electron chi connectivity index (χ2n) is 6.76. The average molecular weight is 424 g/mol. The third-order valence-corrected chi connectivity index (χ3v) is 6.51. The van der Waals surface area contributed by atoms with Gasteiger partial charge in [0.25, 0.3) is 5.91 Å². The van der Waals surface area contributed by atoms with Crippen molar-refractivity contribution in [3.8, 4) is 0 Å². The number of nitrogens with zero attached hydrogens (tertiary/aromatic N) is 2. The molecule has 3 aromatic rings. The number of thiazole rings is 1. The molecule has 4 rings (SSSR count). The number of nitrogens with one attached hydrogen (secondary N) is 1. The van der Waals surface area contributed by atoms with E-state index in [9.17, 15) is 9.59 Å². The Morgan fingerprint density at radius 1 is 1.17 bits per heavy atom. The number of amides is 2. The van der Waals surface area contributed by atoms with E-state index in [2.05, 4.69) is 10.3 Å². The first-order chi connectivity index (χ1) is 14.2. The Labute approximate surface area is 178 Å². The highest BCUT2D eigenvalue weighted by atomic mass is 32.2. The van der Waals surface area contributed by atoms with Gasteiger partial charge in [-0.2, -0.15) is 0 Å². The van der Waals surface area contributed by atoms with E-state index >= 15 is 0 Å². The van der Waals surface area contributed by atoms with Crippen LogP contribution in [0.4, 0.5) is 5.69 Å². The first kappa shape index (κ1) is 19.7. The Morgan fingerprint density at radius 3 is 2.72 bits per heavy atom. The van der Waals surface area contributed by atoms with Crippen LogP contribution in [0.1, 0.15) is 34.5 Å². The number of thioether (sulfide) groups is 1. The number of anilines is 1. The summed E-state index contributed by atoms with van der Waals surface area (Å²) in [5, 5.41) is 5.02. The van der Waals surface area contributed by atoms with Gasteiger partial charge in [-0.05, 0) is 36.2 Å². The fraction of sp³-hybridized carbons (Fsp3) is 0.227. The molecular weight excluding hydrogens is 402 g/mol. The van der Waals surface area contributed by atoms with Gasteiger partial charge in [0.15, 0.2) is 0 Å². The minimum Gasteiger partial charge on any atom is -0.348 e. The molecule has 0 radical (unpaired) electrons. The maximum atomic E-state index is 12.7. The Balaban J connectivity index is 1.36. The number of hydrogen-bond donors (Lipinski definition) is 1. The van der Waals surface area contributed by atoms with E-state index in [1.54, 1.807) is 23.1 Å². The monoisotopic (exact) mass is 423 g/mol. The topological polar surface area (TPSA) is 62.3 Å². The summed E-state index contributed by atoms with van der Waals surface area (Å²) >= 11 is 3.19. The molecule has 2 aromatic carbocycles. The smallest absolute Gasteiger partial charge is 0.252 e. The Kier molecular flexibility index (Phi) is 6.27. The maximum Gasteiger partial charge on any atom is 0.252 e. The molecule has 0 unspecified atom stereocenters. The van der Waals surface area contributed by atoms with Gasteiger partial charge in [-0.25, -0.2) is 4.98 Å². The van der Waals surface area contributed by atoms with Gasteiger partial charge in [0, 0.05) is 41.2 Å². The third kappa shape index (κ3) is 4.86. The zero-order valence-electron chi connectivity index (χ0n) is 15.8. The predicted octanol–water partition coefficient (Wildman–Crippen LogP) is 4.49. The van der Waals surface area contributed by atoms with Gasteiger partial charge >= 0.3 is 0 Å². The van der Waals surface area contributed by atoms with Gasteiger partial charge in [0.1, 0.15) is 0 Å². The number of carbonyl (C=O) groups excluding carboxylic acids is 2. The fourth-order valence-electron chi connectivity index (χ4n) is 3.23. The van der Waals surface area contributed by atoms with E-state index < -0.39 is 0 Å². The highest BCUT2D eigenvalue weighted by molar-refractivity contribution is 7.98. The van der Waals surface area contributed by atoms with Crippen molar-refractivity contribution in [3.63, 3.8) is 0 Å². The molecule has 0 atom stereocenters. The summed E-state index contributed by atoms with van der Waals surface area (Å²) in [6.45, 7) is 1.22. The molecule has 1 saturated heterocycles. The summed E-state index contributed by atoms with van der Waals surface area (Å²) in [5.41, 5.74) is 5.44. The number of hydrogen-bond acceptors (Lipinski definition) is 5. The normalized spacial score (nSPS) is 13.7. The van der Waals surface area contributed by atoms with Gasteiger partial charge in [0.05, 0.1) is 16.8 Å². The van der Waals surface area contributed by atoms with Gasteiger partial charge in [-0.1, -0.05) is 24.3 Å². The summed E-state index contributed by atoms with van der Waals surface area (Å²) in [6, 6.07) is 15.5. The lowest BCUT2D eigenvalue weighted by molar-refractivity contribution is -0.117. The molecule has 1 aliphatic heterocycles. The quantitative estimate of drug-likeness (QED) is 0.569. The molecule has 0 saturated carbocycles. The average Bonchev–Trinajstić information content (AvgIpc) is 3.43. The minimum atomic E-state index is -0.0924. The largest absolute Gasteiger partial charge is 0.348 e. The SMILES string of the molecule is O=C(NCc1ccc(N2CCCC2=O)cc1)c1ccccc1SCc1cscn1. The Bertz CT molecular complexity index is 988. The third-order valence-electron chi connectivity index (χ3n) is 4.77. The number of aromatic nitrogens is 1. The molecule has 1 fully saturated rings. The highest BCUT2D eigenvalue weighted by Crippen LogP contribution is 2.26. The molecule has 2 heterocycles. The number of benzene rings is 2. The summed E-state index contributed by atoms with van der Waals surface area (Å²) in [5.74, 6) is 0.827.